The molecule has 1 heterocycles. The number of rotatable bonds is 4. The molecule has 3 rings (SSSR count). The maximum Gasteiger partial charge on any atom is 0.265 e. The molecule has 0 aliphatic carbocycles. The second-order valence-corrected chi connectivity index (χ2v) is 5.25. The number of hydrogen-bond donors (Lipinski definition) is 2. The number of fused-ring (bicyclic) bond motifs is 1. The van der Waals surface area contributed by atoms with E-state index < -0.39 is 6.10 Å². The van der Waals surface area contributed by atoms with Gasteiger partial charge >= 0.3 is 0 Å². The lowest BCUT2D eigenvalue weighted by Crippen LogP contribution is -2.34. The summed E-state index contributed by atoms with van der Waals surface area (Å²) in [5, 5.41) is 5.36. The number of nitrogens with one attached hydrogen (secondary N) is 2. The van der Waals surface area contributed by atoms with Gasteiger partial charge in [-0.1, -0.05) is 0 Å². The molecule has 1 aliphatic rings. The van der Waals surface area contributed by atoms with Gasteiger partial charge in [-0.3, -0.25) is 9.59 Å². The summed E-state index contributed by atoms with van der Waals surface area (Å²) in [6, 6.07) is 10.3. The van der Waals surface area contributed by atoms with E-state index in [-0.39, 0.29) is 24.2 Å². The fraction of sp³-hybridized carbons (Fsp3) is 0.176. The highest BCUT2D eigenvalue weighted by atomic mass is 19.1. The fourth-order valence-electron chi connectivity index (χ4n) is 2.16. The molecule has 0 spiro atoms. The highest BCUT2D eigenvalue weighted by molar-refractivity contribution is 5.99. The summed E-state index contributed by atoms with van der Waals surface area (Å²) in [6.45, 7) is 1.43. The van der Waals surface area contributed by atoms with Gasteiger partial charge in [0, 0.05) is 5.69 Å². The summed E-state index contributed by atoms with van der Waals surface area (Å²) >= 11 is 0. The molecule has 2 aromatic carbocycles. The highest BCUT2D eigenvalue weighted by Crippen LogP contribution is 2.32. The molecule has 1 atom stereocenters. The Bertz CT molecular complexity index is 777. The molecule has 7 heteroatoms. The first-order chi connectivity index (χ1) is 11.5. The predicted octanol–water partition coefficient (Wildman–Crippen LogP) is 2.56. The molecule has 0 saturated heterocycles. The van der Waals surface area contributed by atoms with E-state index in [1.165, 1.54) is 24.3 Å². The first kappa shape index (κ1) is 15.8. The number of ether oxygens (including phenoxy) is 2. The third kappa shape index (κ3) is 3.62. The molecule has 0 saturated carbocycles. The molecule has 24 heavy (non-hydrogen) atoms. The minimum Gasteiger partial charge on any atom is -0.484 e. The highest BCUT2D eigenvalue weighted by Gasteiger charge is 2.23. The van der Waals surface area contributed by atoms with Crippen molar-refractivity contribution in [2.75, 3.05) is 17.2 Å². The Morgan fingerprint density at radius 3 is 2.79 bits per heavy atom. The minimum atomic E-state index is -0.554. The third-order valence-corrected chi connectivity index (χ3v) is 3.38. The molecule has 2 aromatic rings. The van der Waals surface area contributed by atoms with Crippen molar-refractivity contribution in [3.63, 3.8) is 0 Å². The van der Waals surface area contributed by atoms with Gasteiger partial charge in [0.15, 0.2) is 12.7 Å². The zero-order valence-corrected chi connectivity index (χ0v) is 12.8. The molecule has 6 nitrogen and oxygen atoms in total. The van der Waals surface area contributed by atoms with Crippen molar-refractivity contribution < 1.29 is 23.5 Å². The van der Waals surface area contributed by atoms with Crippen molar-refractivity contribution in [2.24, 2.45) is 0 Å². The van der Waals surface area contributed by atoms with Crippen LogP contribution in [0.2, 0.25) is 0 Å². The smallest absolute Gasteiger partial charge is 0.265 e. The van der Waals surface area contributed by atoms with Crippen LogP contribution in [0.25, 0.3) is 0 Å². The predicted molar refractivity (Wildman–Crippen MR) is 85.7 cm³/mol. The molecular formula is C17H15FN2O4. The molecule has 2 N–H and O–H groups in total. The number of amides is 2. The molecule has 0 fully saturated rings. The normalized spacial score (nSPS) is 15.8. The average Bonchev–Trinajstić information content (AvgIpc) is 2.56. The van der Waals surface area contributed by atoms with Crippen LogP contribution in [0.4, 0.5) is 15.8 Å². The first-order valence-corrected chi connectivity index (χ1v) is 7.31. The number of hydrogen-bond acceptors (Lipinski definition) is 4. The van der Waals surface area contributed by atoms with Crippen molar-refractivity contribution in [1.82, 2.24) is 0 Å². The van der Waals surface area contributed by atoms with Crippen LogP contribution in [0, 0.1) is 5.82 Å². The summed E-state index contributed by atoms with van der Waals surface area (Å²) in [5.41, 5.74) is 0.996. The van der Waals surface area contributed by atoms with Gasteiger partial charge in [0.05, 0.1) is 5.69 Å². The maximum absolute atomic E-state index is 12.8. The Morgan fingerprint density at radius 2 is 2.04 bits per heavy atom. The SMILES string of the molecule is C[C@H]1Oc2ccc(NC(=O)COc3ccc(F)cc3)cc2NC1=O. The van der Waals surface area contributed by atoms with Gasteiger partial charge in [-0.15, -0.1) is 0 Å². The van der Waals surface area contributed by atoms with Crippen molar-refractivity contribution in [2.45, 2.75) is 13.0 Å². The molecule has 2 amide bonds. The van der Waals surface area contributed by atoms with E-state index in [4.69, 9.17) is 9.47 Å². The Morgan fingerprint density at radius 1 is 1.29 bits per heavy atom. The second-order valence-electron chi connectivity index (χ2n) is 5.25. The van der Waals surface area contributed by atoms with Crippen LogP contribution in [0.3, 0.4) is 0 Å². The van der Waals surface area contributed by atoms with Crippen molar-refractivity contribution >= 4 is 23.2 Å². The molecular weight excluding hydrogens is 315 g/mol. The lowest BCUT2D eigenvalue weighted by atomic mass is 10.2. The molecule has 0 bridgehead atoms. The summed E-state index contributed by atoms with van der Waals surface area (Å²) < 4.78 is 23.5. The lowest BCUT2D eigenvalue weighted by Gasteiger charge is -2.23. The molecule has 0 radical (unpaired) electrons. The second kappa shape index (κ2) is 6.57. The third-order valence-electron chi connectivity index (χ3n) is 3.38. The van der Waals surface area contributed by atoms with Gasteiger partial charge in [0.25, 0.3) is 11.8 Å². The van der Waals surface area contributed by atoms with E-state index >= 15 is 0 Å². The zero-order valence-electron chi connectivity index (χ0n) is 12.8. The average molecular weight is 330 g/mol. The van der Waals surface area contributed by atoms with Gasteiger partial charge in [0.1, 0.15) is 17.3 Å². The number of carbonyl (C=O) groups is 2. The fourth-order valence-corrected chi connectivity index (χ4v) is 2.16. The quantitative estimate of drug-likeness (QED) is 0.903. The summed E-state index contributed by atoms with van der Waals surface area (Å²) in [7, 11) is 0. The van der Waals surface area contributed by atoms with Crippen LogP contribution >= 0.6 is 0 Å². The lowest BCUT2D eigenvalue weighted by molar-refractivity contribution is -0.122. The van der Waals surface area contributed by atoms with E-state index in [0.29, 0.717) is 22.9 Å². The first-order valence-electron chi connectivity index (χ1n) is 7.31. The summed E-state index contributed by atoms with van der Waals surface area (Å²) in [5.74, 6) is -0.0601. The van der Waals surface area contributed by atoms with Crippen LogP contribution in [-0.2, 0) is 9.59 Å². The van der Waals surface area contributed by atoms with Crippen LogP contribution in [0.5, 0.6) is 11.5 Å². The Labute approximate surface area is 137 Å². The Kier molecular flexibility index (Phi) is 4.33. The van der Waals surface area contributed by atoms with Crippen molar-refractivity contribution in [3.05, 3.63) is 48.3 Å². The van der Waals surface area contributed by atoms with Crippen LogP contribution in [0.15, 0.2) is 42.5 Å². The Hall–Kier alpha value is -3.09. The van der Waals surface area contributed by atoms with Gasteiger partial charge in [0.2, 0.25) is 0 Å². The van der Waals surface area contributed by atoms with Gasteiger partial charge in [-0.25, -0.2) is 4.39 Å². The van der Waals surface area contributed by atoms with E-state index in [1.807, 2.05) is 0 Å². The van der Waals surface area contributed by atoms with Crippen molar-refractivity contribution in [3.8, 4) is 11.5 Å². The summed E-state index contributed by atoms with van der Waals surface area (Å²) in [4.78, 5) is 23.5. The van der Waals surface area contributed by atoms with Crippen molar-refractivity contribution in [1.29, 1.82) is 0 Å². The maximum atomic E-state index is 12.8. The van der Waals surface area contributed by atoms with Gasteiger partial charge in [-0.2, -0.15) is 0 Å². The topological polar surface area (TPSA) is 76.7 Å². The van der Waals surface area contributed by atoms with Gasteiger partial charge in [-0.05, 0) is 49.4 Å². The largest absolute Gasteiger partial charge is 0.484 e. The van der Waals surface area contributed by atoms with Gasteiger partial charge < -0.3 is 20.1 Å². The molecule has 1 aliphatic heterocycles. The number of anilines is 2. The van der Waals surface area contributed by atoms with E-state index in [9.17, 15) is 14.0 Å². The molecule has 0 aromatic heterocycles. The van der Waals surface area contributed by atoms with Crippen LogP contribution in [-0.4, -0.2) is 24.5 Å². The molecule has 0 unspecified atom stereocenters. The summed E-state index contributed by atoms with van der Waals surface area (Å²) in [6.07, 6.45) is -0.554. The van der Waals surface area contributed by atoms with Crippen LogP contribution < -0.4 is 20.1 Å². The zero-order chi connectivity index (χ0) is 17.1. The van der Waals surface area contributed by atoms with E-state index in [1.54, 1.807) is 25.1 Å². The Balaban J connectivity index is 1.59. The van der Waals surface area contributed by atoms with Crippen LogP contribution in [0.1, 0.15) is 6.92 Å². The number of halogens is 1. The standard InChI is InChI=1S/C17H15FN2O4/c1-10-17(22)20-14-8-12(4-7-15(14)24-10)19-16(21)9-23-13-5-2-11(18)3-6-13/h2-8,10H,9H2,1H3,(H,19,21)(H,20,22)/t10-/m1/s1. The van der Waals surface area contributed by atoms with E-state index in [0.717, 1.165) is 0 Å². The number of benzene rings is 2. The number of carbonyl (C=O) groups excluding carboxylic acids is 2. The van der Waals surface area contributed by atoms with E-state index in [2.05, 4.69) is 10.6 Å². The minimum absolute atomic E-state index is 0.220. The monoisotopic (exact) mass is 330 g/mol. The molecule has 124 valence electrons.